The number of amides is 1. The minimum absolute atomic E-state index is 0.315. The van der Waals surface area contributed by atoms with E-state index in [0.29, 0.717) is 29.2 Å². The first-order valence-corrected chi connectivity index (χ1v) is 12.9. The van der Waals surface area contributed by atoms with Gasteiger partial charge < -0.3 is 15.0 Å². The lowest BCUT2D eigenvalue weighted by atomic mass is 9.87. The van der Waals surface area contributed by atoms with Crippen LogP contribution in [-0.2, 0) is 12.0 Å². The summed E-state index contributed by atoms with van der Waals surface area (Å²) >= 11 is 0. The lowest BCUT2D eigenvalue weighted by Crippen LogP contribution is -2.17. The van der Waals surface area contributed by atoms with Crippen molar-refractivity contribution in [2.45, 2.75) is 25.8 Å². The van der Waals surface area contributed by atoms with E-state index in [1.54, 1.807) is 43.9 Å². The SMILES string of the molecule is COc1ccc(CN(C)c2cc3ncc(-c4cc(C(=O)Nc5cc(C(C)(C)C#N)ccn5)cnn4)cc3cn2)cc1. The molecule has 5 aromatic rings. The highest BCUT2D eigenvalue weighted by Crippen LogP contribution is 2.26. The summed E-state index contributed by atoms with van der Waals surface area (Å²) in [7, 11) is 3.63. The van der Waals surface area contributed by atoms with Crippen LogP contribution in [0.4, 0.5) is 11.6 Å². The van der Waals surface area contributed by atoms with Crippen molar-refractivity contribution in [2.75, 3.05) is 24.4 Å². The van der Waals surface area contributed by atoms with Crippen LogP contribution in [-0.4, -0.2) is 45.2 Å². The van der Waals surface area contributed by atoms with Crippen molar-refractivity contribution in [1.82, 2.24) is 25.1 Å². The molecule has 5 rings (SSSR count). The van der Waals surface area contributed by atoms with Crippen molar-refractivity contribution >= 4 is 28.4 Å². The lowest BCUT2D eigenvalue weighted by Gasteiger charge is -2.18. The number of rotatable bonds is 8. The Bertz CT molecular complexity index is 1760. The number of pyridine rings is 3. The van der Waals surface area contributed by atoms with Gasteiger partial charge in [0, 0.05) is 49.2 Å². The van der Waals surface area contributed by atoms with Crippen LogP contribution in [0.15, 0.2) is 79.4 Å². The molecule has 0 aliphatic carbocycles. The average Bonchev–Trinajstić information content (AvgIpc) is 3.01. The van der Waals surface area contributed by atoms with Crippen molar-refractivity contribution in [2.24, 2.45) is 0 Å². The third kappa shape index (κ3) is 6.09. The molecule has 1 amide bonds. The first kappa shape index (κ1) is 27.1. The highest BCUT2D eigenvalue weighted by molar-refractivity contribution is 6.04. The normalized spacial score (nSPS) is 11.1. The van der Waals surface area contributed by atoms with E-state index in [-0.39, 0.29) is 5.91 Å². The van der Waals surface area contributed by atoms with Crippen molar-refractivity contribution in [3.8, 4) is 23.1 Å². The summed E-state index contributed by atoms with van der Waals surface area (Å²) in [5.41, 5.74) is 3.49. The zero-order valence-corrected chi connectivity index (χ0v) is 23.2. The van der Waals surface area contributed by atoms with Gasteiger partial charge in [0.05, 0.1) is 41.6 Å². The Balaban J connectivity index is 1.32. The second kappa shape index (κ2) is 11.4. The van der Waals surface area contributed by atoms with Crippen molar-refractivity contribution < 1.29 is 9.53 Å². The summed E-state index contributed by atoms with van der Waals surface area (Å²) in [5, 5.41) is 21.3. The Morgan fingerprint density at radius 2 is 1.83 bits per heavy atom. The molecule has 1 N–H and O–H groups in total. The predicted molar refractivity (Wildman–Crippen MR) is 156 cm³/mol. The number of benzene rings is 1. The van der Waals surface area contributed by atoms with Crippen LogP contribution in [0.1, 0.15) is 35.3 Å². The van der Waals surface area contributed by atoms with E-state index < -0.39 is 5.41 Å². The number of methoxy groups -OCH3 is 1. The highest BCUT2D eigenvalue weighted by Gasteiger charge is 2.21. The number of carbonyl (C=O) groups is 1. The van der Waals surface area contributed by atoms with Crippen LogP contribution < -0.4 is 15.0 Å². The van der Waals surface area contributed by atoms with Gasteiger partial charge >= 0.3 is 0 Å². The highest BCUT2D eigenvalue weighted by atomic mass is 16.5. The van der Waals surface area contributed by atoms with Gasteiger partial charge in [-0.2, -0.15) is 15.5 Å². The number of nitrogens with one attached hydrogen (secondary N) is 1. The molecule has 0 bridgehead atoms. The molecule has 0 saturated heterocycles. The van der Waals surface area contributed by atoms with Crippen molar-refractivity contribution in [3.63, 3.8) is 0 Å². The Labute approximate surface area is 237 Å². The quantitative estimate of drug-likeness (QED) is 0.281. The maximum absolute atomic E-state index is 13.0. The molecule has 10 heteroatoms. The third-order valence-electron chi connectivity index (χ3n) is 6.74. The Hall–Kier alpha value is -5.43. The van der Waals surface area contributed by atoms with Crippen LogP contribution in [0, 0.1) is 11.3 Å². The van der Waals surface area contributed by atoms with Crippen LogP contribution in [0.25, 0.3) is 22.2 Å². The van der Waals surface area contributed by atoms with E-state index in [0.717, 1.165) is 33.6 Å². The summed E-state index contributed by atoms with van der Waals surface area (Å²) in [4.78, 5) is 28.5. The standard InChI is InChI=1S/C31H28N8O2/c1-31(2,19-32)24-9-10-33-28(13-24)37-30(40)23-12-27(38-36-17-23)22-11-21-16-35-29(14-26(21)34-15-22)39(3)18-20-5-7-25(41-4)8-6-20/h5-17H,18H2,1-4H3,(H,33,37,40). The van der Waals surface area contributed by atoms with Gasteiger partial charge in [0.25, 0.3) is 5.91 Å². The van der Waals surface area contributed by atoms with Gasteiger partial charge in [-0.1, -0.05) is 12.1 Å². The van der Waals surface area contributed by atoms with Gasteiger partial charge in [0.2, 0.25) is 0 Å². The Kier molecular flexibility index (Phi) is 7.52. The third-order valence-corrected chi connectivity index (χ3v) is 6.74. The summed E-state index contributed by atoms with van der Waals surface area (Å²) in [6.07, 6.45) is 6.44. The van der Waals surface area contributed by atoms with Crippen LogP contribution in [0.5, 0.6) is 5.75 Å². The predicted octanol–water partition coefficient (Wildman–Crippen LogP) is 5.18. The molecule has 4 aromatic heterocycles. The number of hydrogen-bond acceptors (Lipinski definition) is 9. The fraction of sp³-hybridized carbons (Fsp3) is 0.194. The smallest absolute Gasteiger partial charge is 0.258 e. The van der Waals surface area contributed by atoms with Gasteiger partial charge in [-0.3, -0.25) is 9.78 Å². The number of anilines is 2. The molecule has 10 nitrogen and oxygen atoms in total. The van der Waals surface area contributed by atoms with Gasteiger partial charge in [-0.05, 0) is 61.4 Å². The van der Waals surface area contributed by atoms with E-state index >= 15 is 0 Å². The number of carbonyl (C=O) groups excluding carboxylic acids is 1. The molecule has 0 radical (unpaired) electrons. The molecule has 41 heavy (non-hydrogen) atoms. The lowest BCUT2D eigenvalue weighted by molar-refractivity contribution is 0.102. The molecule has 0 saturated carbocycles. The summed E-state index contributed by atoms with van der Waals surface area (Å²) in [6.45, 7) is 4.30. The summed E-state index contributed by atoms with van der Waals surface area (Å²) < 4.78 is 5.23. The largest absolute Gasteiger partial charge is 0.497 e. The van der Waals surface area contributed by atoms with Crippen LogP contribution in [0.3, 0.4) is 0 Å². The van der Waals surface area contributed by atoms with Crippen LogP contribution in [0.2, 0.25) is 0 Å². The average molecular weight is 545 g/mol. The van der Waals surface area contributed by atoms with E-state index in [9.17, 15) is 10.1 Å². The first-order chi connectivity index (χ1) is 19.8. The van der Waals surface area contributed by atoms with E-state index in [1.165, 1.54) is 6.20 Å². The Morgan fingerprint density at radius 3 is 2.59 bits per heavy atom. The molecule has 0 atom stereocenters. The molecule has 0 aliphatic heterocycles. The molecular formula is C31H28N8O2. The number of fused-ring (bicyclic) bond motifs is 1. The number of aromatic nitrogens is 5. The fourth-order valence-corrected chi connectivity index (χ4v) is 4.22. The van der Waals surface area contributed by atoms with Crippen molar-refractivity contribution in [3.05, 3.63) is 96.1 Å². The first-order valence-electron chi connectivity index (χ1n) is 12.9. The molecule has 0 unspecified atom stereocenters. The maximum Gasteiger partial charge on any atom is 0.258 e. The van der Waals surface area contributed by atoms with E-state index in [1.807, 2.05) is 57.3 Å². The minimum Gasteiger partial charge on any atom is -0.497 e. The van der Waals surface area contributed by atoms with Gasteiger partial charge in [-0.15, -0.1) is 0 Å². The van der Waals surface area contributed by atoms with Gasteiger partial charge in [0.1, 0.15) is 17.4 Å². The molecular weight excluding hydrogens is 516 g/mol. The second-order valence-electron chi connectivity index (χ2n) is 10.1. The van der Waals surface area contributed by atoms with Gasteiger partial charge in [-0.25, -0.2) is 9.97 Å². The molecule has 0 fully saturated rings. The molecule has 4 heterocycles. The summed E-state index contributed by atoms with van der Waals surface area (Å²) in [6, 6.07) is 19.1. The second-order valence-corrected chi connectivity index (χ2v) is 10.1. The maximum atomic E-state index is 13.0. The number of nitrogens with zero attached hydrogens (tertiary/aromatic N) is 7. The van der Waals surface area contributed by atoms with Crippen LogP contribution >= 0.6 is 0 Å². The summed E-state index contributed by atoms with van der Waals surface area (Å²) in [5.74, 6) is 1.57. The molecule has 0 aliphatic rings. The fourth-order valence-electron chi connectivity index (χ4n) is 4.22. The number of nitriles is 1. The monoisotopic (exact) mass is 544 g/mol. The zero-order valence-electron chi connectivity index (χ0n) is 23.2. The topological polar surface area (TPSA) is 130 Å². The number of hydrogen-bond donors (Lipinski definition) is 1. The minimum atomic E-state index is -0.710. The van der Waals surface area contributed by atoms with Gasteiger partial charge in [0.15, 0.2) is 0 Å². The molecule has 204 valence electrons. The molecule has 1 aromatic carbocycles. The van der Waals surface area contributed by atoms with E-state index in [2.05, 4.69) is 41.4 Å². The van der Waals surface area contributed by atoms with E-state index in [4.69, 9.17) is 4.74 Å². The Morgan fingerprint density at radius 1 is 1.02 bits per heavy atom. The zero-order chi connectivity index (χ0) is 29.0. The number of ether oxygens (including phenoxy) is 1. The van der Waals surface area contributed by atoms with Crippen molar-refractivity contribution in [1.29, 1.82) is 5.26 Å². The molecule has 0 spiro atoms.